The smallest absolute Gasteiger partial charge is 0.140 e. The van der Waals surface area contributed by atoms with Crippen LogP contribution < -0.4 is 5.32 Å². The molecule has 2 atom stereocenters. The molecule has 1 fully saturated rings. The SMILES string of the molecule is Cc1cnc(NCC2CCC(Cl)C2)c(Br)c1. The second-order valence-corrected chi connectivity index (χ2v) is 5.97. The number of anilines is 1. The molecule has 0 spiro atoms. The Morgan fingerprint density at radius 2 is 2.38 bits per heavy atom. The molecular formula is C12H16BrClN2. The van der Waals surface area contributed by atoms with E-state index < -0.39 is 0 Å². The summed E-state index contributed by atoms with van der Waals surface area (Å²) in [5, 5.41) is 3.76. The molecule has 0 bridgehead atoms. The first-order valence-electron chi connectivity index (χ1n) is 5.65. The Morgan fingerprint density at radius 3 is 3.00 bits per heavy atom. The molecule has 2 nitrogen and oxygen atoms in total. The molecule has 0 amide bonds. The molecule has 1 heterocycles. The Balaban J connectivity index is 1.89. The van der Waals surface area contributed by atoms with Gasteiger partial charge < -0.3 is 5.32 Å². The molecule has 1 aromatic rings. The number of nitrogens with zero attached hydrogens (tertiary/aromatic N) is 1. The van der Waals surface area contributed by atoms with E-state index in [0.29, 0.717) is 11.3 Å². The van der Waals surface area contributed by atoms with Crippen molar-refractivity contribution in [3.63, 3.8) is 0 Å². The normalized spacial score (nSPS) is 24.7. The predicted octanol–water partition coefficient (Wildman–Crippen LogP) is 3.97. The van der Waals surface area contributed by atoms with Crippen molar-refractivity contribution >= 4 is 33.3 Å². The Hall–Kier alpha value is -0.280. The second kappa shape index (κ2) is 5.37. The highest BCUT2D eigenvalue weighted by molar-refractivity contribution is 9.10. The molecule has 88 valence electrons. The number of aryl methyl sites for hydroxylation is 1. The minimum atomic E-state index is 0.376. The molecule has 0 aromatic carbocycles. The maximum Gasteiger partial charge on any atom is 0.140 e. The molecular weight excluding hydrogens is 288 g/mol. The number of hydrogen-bond acceptors (Lipinski definition) is 2. The van der Waals surface area contributed by atoms with Crippen molar-refractivity contribution in [3.8, 4) is 0 Å². The third-order valence-corrected chi connectivity index (χ3v) is 4.01. The molecule has 0 saturated heterocycles. The van der Waals surface area contributed by atoms with Crippen LogP contribution >= 0.6 is 27.5 Å². The van der Waals surface area contributed by atoms with Gasteiger partial charge in [-0.3, -0.25) is 0 Å². The Labute approximate surface area is 110 Å². The molecule has 1 saturated carbocycles. The maximum absolute atomic E-state index is 6.09. The maximum atomic E-state index is 6.09. The fourth-order valence-electron chi connectivity index (χ4n) is 2.10. The number of halogens is 2. The van der Waals surface area contributed by atoms with Gasteiger partial charge in [0.05, 0.1) is 4.47 Å². The van der Waals surface area contributed by atoms with E-state index in [0.717, 1.165) is 29.7 Å². The molecule has 1 aromatic heterocycles. The van der Waals surface area contributed by atoms with E-state index in [4.69, 9.17) is 11.6 Å². The van der Waals surface area contributed by atoms with Gasteiger partial charge >= 0.3 is 0 Å². The van der Waals surface area contributed by atoms with E-state index in [9.17, 15) is 0 Å². The van der Waals surface area contributed by atoms with E-state index in [1.54, 1.807) is 0 Å². The van der Waals surface area contributed by atoms with Crippen LogP contribution in [0.4, 0.5) is 5.82 Å². The summed E-state index contributed by atoms with van der Waals surface area (Å²) in [6, 6.07) is 2.08. The summed E-state index contributed by atoms with van der Waals surface area (Å²) in [6.07, 6.45) is 5.38. The van der Waals surface area contributed by atoms with E-state index in [-0.39, 0.29) is 0 Å². The summed E-state index contributed by atoms with van der Waals surface area (Å²) in [7, 11) is 0. The van der Waals surface area contributed by atoms with Crippen molar-refractivity contribution in [1.29, 1.82) is 0 Å². The Morgan fingerprint density at radius 1 is 1.56 bits per heavy atom. The molecule has 0 radical (unpaired) electrons. The van der Waals surface area contributed by atoms with Crippen LogP contribution in [-0.2, 0) is 0 Å². The highest BCUT2D eigenvalue weighted by Gasteiger charge is 2.22. The molecule has 1 aliphatic rings. The third-order valence-electron chi connectivity index (χ3n) is 3.01. The minimum Gasteiger partial charge on any atom is -0.369 e. The van der Waals surface area contributed by atoms with Gasteiger partial charge in [0.25, 0.3) is 0 Å². The zero-order valence-electron chi connectivity index (χ0n) is 9.34. The van der Waals surface area contributed by atoms with E-state index in [1.165, 1.54) is 12.0 Å². The van der Waals surface area contributed by atoms with Gasteiger partial charge in [0.2, 0.25) is 0 Å². The lowest BCUT2D eigenvalue weighted by Gasteiger charge is -2.12. The van der Waals surface area contributed by atoms with Gasteiger partial charge in [0, 0.05) is 18.1 Å². The molecule has 1 N–H and O–H groups in total. The highest BCUT2D eigenvalue weighted by Crippen LogP contribution is 2.30. The van der Waals surface area contributed by atoms with Gasteiger partial charge in [-0.25, -0.2) is 4.98 Å². The summed E-state index contributed by atoms with van der Waals surface area (Å²) in [5.41, 5.74) is 1.17. The molecule has 2 rings (SSSR count). The Bertz CT molecular complexity index is 370. The fourth-order valence-corrected chi connectivity index (χ4v) is 3.09. The quantitative estimate of drug-likeness (QED) is 0.855. The summed E-state index contributed by atoms with van der Waals surface area (Å²) in [4.78, 5) is 4.37. The van der Waals surface area contributed by atoms with Crippen molar-refractivity contribution in [2.75, 3.05) is 11.9 Å². The summed E-state index contributed by atoms with van der Waals surface area (Å²) in [6.45, 7) is 3.01. The zero-order chi connectivity index (χ0) is 11.5. The van der Waals surface area contributed by atoms with E-state index in [1.807, 2.05) is 13.1 Å². The van der Waals surface area contributed by atoms with Gasteiger partial charge in [-0.15, -0.1) is 11.6 Å². The van der Waals surface area contributed by atoms with Crippen LogP contribution in [0.15, 0.2) is 16.7 Å². The summed E-state index contributed by atoms with van der Waals surface area (Å²) >= 11 is 9.61. The molecule has 2 unspecified atom stereocenters. The van der Waals surface area contributed by atoms with Gasteiger partial charge in [-0.05, 0) is 59.7 Å². The van der Waals surface area contributed by atoms with Crippen molar-refractivity contribution in [1.82, 2.24) is 4.98 Å². The molecule has 4 heteroatoms. The average Bonchev–Trinajstić information content (AvgIpc) is 2.63. The number of nitrogens with one attached hydrogen (secondary N) is 1. The largest absolute Gasteiger partial charge is 0.369 e. The average molecular weight is 304 g/mol. The lowest BCUT2D eigenvalue weighted by molar-refractivity contribution is 0.579. The van der Waals surface area contributed by atoms with Gasteiger partial charge in [-0.2, -0.15) is 0 Å². The molecule has 1 aliphatic carbocycles. The van der Waals surface area contributed by atoms with Crippen molar-refractivity contribution in [2.24, 2.45) is 5.92 Å². The first-order valence-corrected chi connectivity index (χ1v) is 6.88. The fraction of sp³-hybridized carbons (Fsp3) is 0.583. The van der Waals surface area contributed by atoms with Gasteiger partial charge in [0.1, 0.15) is 5.82 Å². The van der Waals surface area contributed by atoms with Crippen LogP contribution in [0.1, 0.15) is 24.8 Å². The second-order valence-electron chi connectivity index (χ2n) is 4.50. The first kappa shape index (κ1) is 12.2. The number of pyridine rings is 1. The number of aromatic nitrogens is 1. The van der Waals surface area contributed by atoms with Crippen molar-refractivity contribution in [2.45, 2.75) is 31.6 Å². The monoisotopic (exact) mass is 302 g/mol. The third kappa shape index (κ3) is 3.11. The number of hydrogen-bond donors (Lipinski definition) is 1. The highest BCUT2D eigenvalue weighted by atomic mass is 79.9. The topological polar surface area (TPSA) is 24.9 Å². The van der Waals surface area contributed by atoms with Crippen LogP contribution in [-0.4, -0.2) is 16.9 Å². The minimum absolute atomic E-state index is 0.376. The summed E-state index contributed by atoms with van der Waals surface area (Å²) < 4.78 is 1.04. The van der Waals surface area contributed by atoms with Crippen LogP contribution in [0.3, 0.4) is 0 Å². The lowest BCUT2D eigenvalue weighted by Crippen LogP contribution is -2.13. The van der Waals surface area contributed by atoms with Gasteiger partial charge in [0.15, 0.2) is 0 Å². The Kier molecular flexibility index (Phi) is 4.09. The van der Waals surface area contributed by atoms with E-state index >= 15 is 0 Å². The molecule has 0 aliphatic heterocycles. The zero-order valence-corrected chi connectivity index (χ0v) is 11.7. The van der Waals surface area contributed by atoms with Crippen LogP contribution in [0.25, 0.3) is 0 Å². The van der Waals surface area contributed by atoms with Crippen molar-refractivity contribution in [3.05, 3.63) is 22.3 Å². The van der Waals surface area contributed by atoms with Gasteiger partial charge in [-0.1, -0.05) is 0 Å². The predicted molar refractivity (Wildman–Crippen MR) is 72.1 cm³/mol. The van der Waals surface area contributed by atoms with Crippen LogP contribution in [0, 0.1) is 12.8 Å². The van der Waals surface area contributed by atoms with E-state index in [2.05, 4.69) is 32.3 Å². The number of rotatable bonds is 3. The van der Waals surface area contributed by atoms with Crippen LogP contribution in [0.2, 0.25) is 0 Å². The molecule has 16 heavy (non-hydrogen) atoms. The first-order chi connectivity index (χ1) is 7.65. The van der Waals surface area contributed by atoms with Crippen LogP contribution in [0.5, 0.6) is 0 Å². The standard InChI is InChI=1S/C12H16BrClN2/c1-8-4-11(13)12(15-6-8)16-7-9-2-3-10(14)5-9/h4,6,9-10H,2-3,5,7H2,1H3,(H,15,16). The lowest BCUT2D eigenvalue weighted by atomic mass is 10.1. The number of alkyl halides is 1. The van der Waals surface area contributed by atoms with Crippen molar-refractivity contribution < 1.29 is 0 Å². The summed E-state index contributed by atoms with van der Waals surface area (Å²) in [5.74, 6) is 1.63.